The van der Waals surface area contributed by atoms with Crippen molar-refractivity contribution in [3.8, 4) is 0 Å². The molecule has 1 aromatic rings. The van der Waals surface area contributed by atoms with Crippen LogP contribution >= 0.6 is 0 Å². The largest absolute Gasteiger partial charge is 0.478 e. The van der Waals surface area contributed by atoms with E-state index >= 15 is 0 Å². The highest BCUT2D eigenvalue weighted by molar-refractivity contribution is 7.89. The maximum Gasteiger partial charge on any atom is 0.335 e. The minimum Gasteiger partial charge on any atom is -0.478 e. The van der Waals surface area contributed by atoms with Crippen LogP contribution < -0.4 is 10.5 Å². The fourth-order valence-electron chi connectivity index (χ4n) is 1.27. The summed E-state index contributed by atoms with van der Waals surface area (Å²) < 4.78 is 73.9. The van der Waals surface area contributed by atoms with E-state index in [1.54, 1.807) is 0 Å². The van der Waals surface area contributed by atoms with Crippen molar-refractivity contribution in [1.82, 2.24) is 4.72 Å². The lowest BCUT2D eigenvalue weighted by atomic mass is 10.2. The molecular weight excluding hydrogens is 320 g/mol. The summed E-state index contributed by atoms with van der Waals surface area (Å²) in [6.07, 6.45) is -4.04. The number of hydrogen-bond acceptors (Lipinski definition) is 4. The second-order valence-electron chi connectivity index (χ2n) is 3.94. The van der Waals surface area contributed by atoms with Gasteiger partial charge in [-0.05, 0) is 18.2 Å². The van der Waals surface area contributed by atoms with Gasteiger partial charge < -0.3 is 10.8 Å². The van der Waals surface area contributed by atoms with Crippen molar-refractivity contribution in [2.45, 2.75) is 17.2 Å². The first-order valence-corrected chi connectivity index (χ1v) is 6.74. The molecule has 1 aromatic carbocycles. The van der Waals surface area contributed by atoms with Gasteiger partial charge >= 0.3 is 18.3 Å². The van der Waals surface area contributed by atoms with Crippen molar-refractivity contribution < 1.29 is 35.9 Å². The number of sulfonamides is 1. The van der Waals surface area contributed by atoms with Gasteiger partial charge in [-0.3, -0.25) is 0 Å². The third kappa shape index (κ3) is 4.04. The molecule has 118 valence electrons. The van der Waals surface area contributed by atoms with Gasteiger partial charge in [-0.25, -0.2) is 26.7 Å². The maximum absolute atomic E-state index is 12.7. The zero-order chi connectivity index (χ0) is 16.4. The summed E-state index contributed by atoms with van der Waals surface area (Å²) in [6.45, 7) is -1.81. The number of carbonyl (C=O) groups is 1. The molecule has 0 spiro atoms. The first-order valence-electron chi connectivity index (χ1n) is 5.26. The average molecular weight is 330 g/mol. The van der Waals surface area contributed by atoms with E-state index in [1.807, 2.05) is 0 Å². The number of hydrogen-bond donors (Lipinski definition) is 3. The smallest absolute Gasteiger partial charge is 0.335 e. The number of rotatable bonds is 6. The summed E-state index contributed by atoms with van der Waals surface area (Å²) in [5, 5.41) is 8.67. The van der Waals surface area contributed by atoms with Crippen LogP contribution in [0.1, 0.15) is 10.4 Å². The topological polar surface area (TPSA) is 109 Å². The molecule has 0 unspecified atom stereocenters. The van der Waals surface area contributed by atoms with Crippen molar-refractivity contribution in [3.63, 3.8) is 0 Å². The number of nitrogen functional groups attached to an aromatic ring is 1. The molecule has 0 atom stereocenters. The van der Waals surface area contributed by atoms with Crippen LogP contribution in [-0.4, -0.2) is 38.4 Å². The van der Waals surface area contributed by atoms with Gasteiger partial charge in [-0.2, -0.15) is 8.78 Å². The van der Waals surface area contributed by atoms with E-state index in [1.165, 1.54) is 4.72 Å². The number of carboxylic acids is 1. The predicted molar refractivity (Wildman–Crippen MR) is 64.0 cm³/mol. The SMILES string of the molecule is Nc1cc(C(=O)O)ccc1S(=O)(=O)NCC(F)(F)C(F)F. The number of carboxylic acid groups (broad SMARTS) is 1. The zero-order valence-corrected chi connectivity index (χ0v) is 11.0. The predicted octanol–water partition coefficient (Wildman–Crippen LogP) is 1.15. The van der Waals surface area contributed by atoms with Gasteiger partial charge in [0.2, 0.25) is 10.0 Å². The summed E-state index contributed by atoms with van der Waals surface area (Å²) in [6, 6.07) is 2.47. The molecule has 1 rings (SSSR count). The van der Waals surface area contributed by atoms with Crippen molar-refractivity contribution in [1.29, 1.82) is 0 Å². The summed E-state index contributed by atoms with van der Waals surface area (Å²) in [7, 11) is -4.58. The standard InChI is InChI=1S/C10H10F4N2O4S/c11-9(12)10(13,14)4-16-21(19,20)7-2-1-5(8(17)18)3-6(7)15/h1-3,9,16H,4,15H2,(H,17,18). The van der Waals surface area contributed by atoms with E-state index in [9.17, 15) is 30.8 Å². The number of halogens is 4. The molecule has 0 heterocycles. The first kappa shape index (κ1) is 17.2. The summed E-state index contributed by atoms with van der Waals surface area (Å²) in [5.74, 6) is -5.91. The molecule has 0 radical (unpaired) electrons. The normalized spacial score (nSPS) is 12.6. The lowest BCUT2D eigenvalue weighted by Gasteiger charge is -2.16. The number of anilines is 1. The Bertz CT molecular complexity index is 648. The molecule has 0 saturated heterocycles. The monoisotopic (exact) mass is 330 g/mol. The Kier molecular flexibility index (Phi) is 4.79. The second kappa shape index (κ2) is 5.85. The summed E-state index contributed by atoms with van der Waals surface area (Å²) in [5.41, 5.74) is 4.50. The van der Waals surface area contributed by atoms with Crippen LogP contribution in [0.2, 0.25) is 0 Å². The Morgan fingerprint density at radius 2 is 1.95 bits per heavy atom. The van der Waals surface area contributed by atoms with Crippen LogP contribution in [-0.2, 0) is 10.0 Å². The average Bonchev–Trinajstić information content (AvgIpc) is 2.36. The number of aromatic carboxylic acids is 1. The Hall–Kier alpha value is -1.88. The molecule has 0 aliphatic carbocycles. The van der Waals surface area contributed by atoms with Crippen molar-refractivity contribution in [2.24, 2.45) is 0 Å². The van der Waals surface area contributed by atoms with Crippen LogP contribution in [0.25, 0.3) is 0 Å². The Balaban J connectivity index is 3.02. The van der Waals surface area contributed by atoms with E-state index in [0.717, 1.165) is 18.2 Å². The van der Waals surface area contributed by atoms with Gasteiger partial charge in [-0.15, -0.1) is 0 Å². The van der Waals surface area contributed by atoms with E-state index in [4.69, 9.17) is 10.8 Å². The zero-order valence-electron chi connectivity index (χ0n) is 10.2. The van der Waals surface area contributed by atoms with Crippen LogP contribution in [0.3, 0.4) is 0 Å². The molecule has 0 saturated carbocycles. The van der Waals surface area contributed by atoms with Gasteiger partial charge in [0.25, 0.3) is 0 Å². The Labute approximate surface area is 116 Å². The number of nitrogens with two attached hydrogens (primary N) is 1. The molecule has 0 aromatic heterocycles. The maximum atomic E-state index is 12.7. The van der Waals surface area contributed by atoms with Crippen molar-refractivity contribution >= 4 is 21.7 Å². The molecule has 0 aliphatic heterocycles. The fraction of sp³-hybridized carbons (Fsp3) is 0.300. The molecule has 6 nitrogen and oxygen atoms in total. The van der Waals surface area contributed by atoms with Crippen LogP contribution in [0.4, 0.5) is 23.2 Å². The van der Waals surface area contributed by atoms with E-state index in [-0.39, 0.29) is 5.56 Å². The summed E-state index contributed by atoms with van der Waals surface area (Å²) in [4.78, 5) is 9.96. The molecule has 0 amide bonds. The van der Waals surface area contributed by atoms with E-state index < -0.39 is 45.5 Å². The van der Waals surface area contributed by atoms with E-state index in [0.29, 0.717) is 0 Å². The molecule has 11 heteroatoms. The van der Waals surface area contributed by atoms with Gasteiger partial charge in [0.05, 0.1) is 17.8 Å². The molecule has 0 aliphatic rings. The Morgan fingerprint density at radius 3 is 2.38 bits per heavy atom. The Morgan fingerprint density at radius 1 is 1.38 bits per heavy atom. The molecule has 0 bridgehead atoms. The van der Waals surface area contributed by atoms with E-state index in [2.05, 4.69) is 0 Å². The third-order valence-corrected chi connectivity index (χ3v) is 3.84. The number of alkyl halides is 4. The fourth-order valence-corrected chi connectivity index (χ4v) is 2.43. The van der Waals surface area contributed by atoms with Crippen LogP contribution in [0.5, 0.6) is 0 Å². The van der Waals surface area contributed by atoms with Gasteiger partial charge in [-0.1, -0.05) is 0 Å². The lowest BCUT2D eigenvalue weighted by molar-refractivity contribution is -0.122. The number of benzene rings is 1. The summed E-state index contributed by atoms with van der Waals surface area (Å²) >= 11 is 0. The highest BCUT2D eigenvalue weighted by Crippen LogP contribution is 2.24. The highest BCUT2D eigenvalue weighted by atomic mass is 32.2. The number of nitrogens with one attached hydrogen (secondary N) is 1. The van der Waals surface area contributed by atoms with Gasteiger partial charge in [0.1, 0.15) is 4.90 Å². The minimum absolute atomic E-state index is 0.315. The molecule has 4 N–H and O–H groups in total. The minimum atomic E-state index is -4.58. The second-order valence-corrected chi connectivity index (χ2v) is 5.68. The molecular formula is C10H10F4N2O4S. The molecule has 21 heavy (non-hydrogen) atoms. The van der Waals surface area contributed by atoms with Crippen molar-refractivity contribution in [2.75, 3.05) is 12.3 Å². The third-order valence-electron chi connectivity index (χ3n) is 2.36. The highest BCUT2D eigenvalue weighted by Gasteiger charge is 2.41. The van der Waals surface area contributed by atoms with Crippen LogP contribution in [0.15, 0.2) is 23.1 Å². The van der Waals surface area contributed by atoms with Gasteiger partial charge in [0, 0.05) is 0 Å². The quantitative estimate of drug-likeness (QED) is 0.535. The van der Waals surface area contributed by atoms with Crippen LogP contribution in [0, 0.1) is 0 Å². The first-order chi connectivity index (χ1) is 9.47. The molecule has 0 fully saturated rings. The lowest BCUT2D eigenvalue weighted by Crippen LogP contribution is -2.41. The van der Waals surface area contributed by atoms with Gasteiger partial charge in [0.15, 0.2) is 0 Å². The van der Waals surface area contributed by atoms with Crippen molar-refractivity contribution in [3.05, 3.63) is 23.8 Å².